The van der Waals surface area contributed by atoms with Gasteiger partial charge in [-0.3, -0.25) is 4.79 Å². The summed E-state index contributed by atoms with van der Waals surface area (Å²) in [4.78, 5) is 16.8. The molecule has 2 rings (SSSR count). The van der Waals surface area contributed by atoms with E-state index in [4.69, 9.17) is 0 Å². The van der Waals surface area contributed by atoms with Crippen LogP contribution < -0.4 is 0 Å². The summed E-state index contributed by atoms with van der Waals surface area (Å²) < 4.78 is 0. The number of nitriles is 1. The van der Waals surface area contributed by atoms with Crippen molar-refractivity contribution in [2.75, 3.05) is 26.7 Å². The van der Waals surface area contributed by atoms with Crippen molar-refractivity contribution in [3.05, 3.63) is 35.9 Å². The largest absolute Gasteiger partial charge is 0.341 e. The first-order valence-electron chi connectivity index (χ1n) is 7.61. The monoisotopic (exact) mass is 285 g/mol. The Hall–Kier alpha value is -1.86. The molecule has 4 heteroatoms. The molecule has 1 aliphatic heterocycles. The van der Waals surface area contributed by atoms with Crippen LogP contribution in [0, 0.1) is 11.3 Å². The van der Waals surface area contributed by atoms with Crippen molar-refractivity contribution in [3.8, 4) is 6.07 Å². The molecule has 0 N–H and O–H groups in total. The van der Waals surface area contributed by atoms with Gasteiger partial charge in [0, 0.05) is 26.2 Å². The van der Waals surface area contributed by atoms with Crippen molar-refractivity contribution in [1.82, 2.24) is 9.80 Å². The van der Waals surface area contributed by atoms with Crippen LogP contribution in [0.2, 0.25) is 0 Å². The summed E-state index contributed by atoms with van der Waals surface area (Å²) in [5.74, 6) is -0.779. The normalized spacial score (nSPS) is 18.0. The number of hydrogen-bond acceptors (Lipinski definition) is 3. The molecule has 0 aromatic heterocycles. The lowest BCUT2D eigenvalue weighted by Crippen LogP contribution is -2.46. The fourth-order valence-corrected chi connectivity index (χ4v) is 2.92. The third kappa shape index (κ3) is 3.62. The third-order valence-corrected chi connectivity index (χ3v) is 4.41. The van der Waals surface area contributed by atoms with E-state index in [0.717, 1.165) is 38.0 Å². The fourth-order valence-electron chi connectivity index (χ4n) is 2.92. The molecule has 1 aromatic carbocycles. The third-order valence-electron chi connectivity index (χ3n) is 4.41. The number of nitrogens with zero attached hydrogens (tertiary/aromatic N) is 3. The molecule has 1 fully saturated rings. The van der Waals surface area contributed by atoms with Crippen LogP contribution in [0.3, 0.4) is 0 Å². The highest BCUT2D eigenvalue weighted by molar-refractivity contribution is 5.86. The first kappa shape index (κ1) is 15.5. The van der Waals surface area contributed by atoms with Crippen molar-refractivity contribution in [3.63, 3.8) is 0 Å². The highest BCUT2D eigenvalue weighted by Gasteiger charge is 2.30. The van der Waals surface area contributed by atoms with Gasteiger partial charge in [0.15, 0.2) is 0 Å². The minimum atomic E-state index is -0.694. The first-order chi connectivity index (χ1) is 10.2. The van der Waals surface area contributed by atoms with Crippen molar-refractivity contribution in [1.29, 1.82) is 5.26 Å². The Morgan fingerprint density at radius 1 is 1.38 bits per heavy atom. The highest BCUT2D eigenvalue weighted by Crippen LogP contribution is 2.22. The lowest BCUT2D eigenvalue weighted by atomic mass is 9.96. The lowest BCUT2D eigenvalue weighted by molar-refractivity contribution is -0.133. The van der Waals surface area contributed by atoms with Gasteiger partial charge >= 0.3 is 0 Å². The number of carbonyl (C=O) groups is 1. The molecule has 112 valence electrons. The van der Waals surface area contributed by atoms with Crippen molar-refractivity contribution in [2.45, 2.75) is 31.7 Å². The van der Waals surface area contributed by atoms with E-state index in [2.05, 4.69) is 17.9 Å². The van der Waals surface area contributed by atoms with Gasteiger partial charge in [-0.2, -0.15) is 5.26 Å². The van der Waals surface area contributed by atoms with Crippen LogP contribution >= 0.6 is 0 Å². The second-order valence-corrected chi connectivity index (χ2v) is 5.59. The molecule has 0 radical (unpaired) electrons. The zero-order valence-electron chi connectivity index (χ0n) is 12.8. The SMILES string of the molecule is CCN1CCC(N(C)C(=O)C(C#N)c2ccccc2)CC1. The molecule has 0 aliphatic carbocycles. The van der Waals surface area contributed by atoms with E-state index >= 15 is 0 Å². The second-order valence-electron chi connectivity index (χ2n) is 5.59. The number of amides is 1. The Morgan fingerprint density at radius 2 is 2.00 bits per heavy atom. The molecular formula is C17H23N3O. The summed E-state index contributed by atoms with van der Waals surface area (Å²) in [6.45, 7) is 5.29. The Balaban J connectivity index is 2.03. The summed E-state index contributed by atoms with van der Waals surface area (Å²) >= 11 is 0. The topological polar surface area (TPSA) is 47.3 Å². The summed E-state index contributed by atoms with van der Waals surface area (Å²) in [5, 5.41) is 9.37. The van der Waals surface area contributed by atoms with Gasteiger partial charge in [-0.1, -0.05) is 37.3 Å². The second kappa shape index (κ2) is 7.24. The number of likely N-dealkylation sites (tertiary alicyclic amines) is 1. The molecule has 1 aliphatic rings. The molecule has 1 heterocycles. The number of likely N-dealkylation sites (N-methyl/N-ethyl adjacent to an activating group) is 1. The average Bonchev–Trinajstić information content (AvgIpc) is 2.56. The number of piperidine rings is 1. The average molecular weight is 285 g/mol. The molecule has 4 nitrogen and oxygen atoms in total. The number of benzene rings is 1. The van der Waals surface area contributed by atoms with E-state index in [0.29, 0.717) is 0 Å². The molecule has 0 bridgehead atoms. The molecule has 1 amide bonds. The summed E-state index contributed by atoms with van der Waals surface area (Å²) in [6.07, 6.45) is 1.98. The molecule has 0 saturated carbocycles. The predicted molar refractivity (Wildman–Crippen MR) is 82.7 cm³/mol. The minimum Gasteiger partial charge on any atom is -0.341 e. The van der Waals surface area contributed by atoms with Crippen LogP contribution in [0.15, 0.2) is 30.3 Å². The van der Waals surface area contributed by atoms with Gasteiger partial charge in [-0.05, 0) is 24.9 Å². The van der Waals surface area contributed by atoms with Crippen molar-refractivity contribution >= 4 is 5.91 Å². The Morgan fingerprint density at radius 3 is 2.52 bits per heavy atom. The minimum absolute atomic E-state index is 0.0846. The number of rotatable bonds is 4. The van der Waals surface area contributed by atoms with E-state index in [1.807, 2.05) is 37.4 Å². The maximum absolute atomic E-state index is 12.6. The Bertz CT molecular complexity index is 501. The zero-order valence-corrected chi connectivity index (χ0v) is 12.8. The Kier molecular flexibility index (Phi) is 5.35. The quantitative estimate of drug-likeness (QED) is 0.852. The summed E-state index contributed by atoms with van der Waals surface area (Å²) in [6, 6.07) is 11.7. The molecule has 1 atom stereocenters. The van der Waals surface area contributed by atoms with E-state index in [1.165, 1.54) is 0 Å². The van der Waals surface area contributed by atoms with E-state index in [-0.39, 0.29) is 11.9 Å². The molecule has 1 unspecified atom stereocenters. The fraction of sp³-hybridized carbons (Fsp3) is 0.529. The van der Waals surface area contributed by atoms with Gasteiger partial charge < -0.3 is 9.80 Å². The summed E-state index contributed by atoms with van der Waals surface area (Å²) in [7, 11) is 1.84. The predicted octanol–water partition coefficient (Wildman–Crippen LogP) is 2.24. The molecule has 1 saturated heterocycles. The van der Waals surface area contributed by atoms with E-state index in [1.54, 1.807) is 4.90 Å². The molecular weight excluding hydrogens is 262 g/mol. The van der Waals surface area contributed by atoms with Gasteiger partial charge in [0.2, 0.25) is 5.91 Å². The Labute approximate surface area is 127 Å². The van der Waals surface area contributed by atoms with Crippen LogP contribution in [0.1, 0.15) is 31.2 Å². The van der Waals surface area contributed by atoms with Gasteiger partial charge in [-0.15, -0.1) is 0 Å². The van der Waals surface area contributed by atoms with Crippen molar-refractivity contribution < 1.29 is 4.79 Å². The highest BCUT2D eigenvalue weighted by atomic mass is 16.2. The number of carbonyl (C=O) groups excluding carboxylic acids is 1. The molecule has 21 heavy (non-hydrogen) atoms. The van der Waals surface area contributed by atoms with Gasteiger partial charge in [0.1, 0.15) is 5.92 Å². The molecule has 0 spiro atoms. The van der Waals surface area contributed by atoms with E-state index < -0.39 is 5.92 Å². The molecule has 1 aromatic rings. The van der Waals surface area contributed by atoms with Crippen LogP contribution in [-0.2, 0) is 4.79 Å². The van der Waals surface area contributed by atoms with Crippen LogP contribution in [0.25, 0.3) is 0 Å². The lowest BCUT2D eigenvalue weighted by Gasteiger charge is -2.37. The van der Waals surface area contributed by atoms with Crippen LogP contribution in [0.5, 0.6) is 0 Å². The maximum Gasteiger partial charge on any atom is 0.244 e. The first-order valence-corrected chi connectivity index (χ1v) is 7.61. The van der Waals surface area contributed by atoms with Gasteiger partial charge in [-0.25, -0.2) is 0 Å². The smallest absolute Gasteiger partial charge is 0.244 e. The van der Waals surface area contributed by atoms with Crippen LogP contribution in [-0.4, -0.2) is 48.4 Å². The van der Waals surface area contributed by atoms with Crippen molar-refractivity contribution in [2.24, 2.45) is 0 Å². The van der Waals surface area contributed by atoms with E-state index in [9.17, 15) is 10.1 Å². The number of hydrogen-bond donors (Lipinski definition) is 0. The maximum atomic E-state index is 12.6. The zero-order chi connectivity index (χ0) is 15.2. The standard InChI is InChI=1S/C17H23N3O/c1-3-20-11-9-15(10-12-20)19(2)17(21)16(13-18)14-7-5-4-6-8-14/h4-8,15-16H,3,9-12H2,1-2H3. The van der Waals surface area contributed by atoms with Gasteiger partial charge in [0.05, 0.1) is 6.07 Å². The van der Waals surface area contributed by atoms with Gasteiger partial charge in [0.25, 0.3) is 0 Å². The summed E-state index contributed by atoms with van der Waals surface area (Å²) in [5.41, 5.74) is 0.780. The van der Waals surface area contributed by atoms with Crippen LogP contribution in [0.4, 0.5) is 0 Å².